The number of anilines is 1. The van der Waals surface area contributed by atoms with Gasteiger partial charge in [-0.05, 0) is 51.7 Å². The summed E-state index contributed by atoms with van der Waals surface area (Å²) >= 11 is 0. The van der Waals surface area contributed by atoms with Crippen LogP contribution in [0.5, 0.6) is 0 Å². The molecule has 3 N–H and O–H groups in total. The molecule has 3 aromatic rings. The Morgan fingerprint density at radius 3 is 2.66 bits per heavy atom. The molecular weight excluding hydrogens is 368 g/mol. The number of imidazole rings is 1. The van der Waals surface area contributed by atoms with Gasteiger partial charge >= 0.3 is 0 Å². The fourth-order valence-electron chi connectivity index (χ4n) is 3.85. The van der Waals surface area contributed by atoms with Crippen LogP contribution in [0.4, 0.5) is 5.82 Å². The second-order valence-electron chi connectivity index (χ2n) is 8.34. The van der Waals surface area contributed by atoms with Gasteiger partial charge in [-0.15, -0.1) is 0 Å². The predicted octanol–water partition coefficient (Wildman–Crippen LogP) is 3.56. The van der Waals surface area contributed by atoms with Crippen LogP contribution in [0.25, 0.3) is 22.1 Å². The largest absolute Gasteiger partial charge is 0.389 e. The summed E-state index contributed by atoms with van der Waals surface area (Å²) in [7, 11) is 0. The van der Waals surface area contributed by atoms with Gasteiger partial charge in [0.15, 0.2) is 18.2 Å². The summed E-state index contributed by atoms with van der Waals surface area (Å²) in [5, 5.41) is 14.9. The quantitative estimate of drug-likeness (QED) is 0.504. The molecule has 0 atom stereocenters. The van der Waals surface area contributed by atoms with E-state index < -0.39 is 5.60 Å². The molecule has 154 valence electrons. The minimum absolute atomic E-state index is 0.196. The lowest BCUT2D eigenvalue weighted by atomic mass is 10.1. The summed E-state index contributed by atoms with van der Waals surface area (Å²) in [5.74, 6) is 0.984. The van der Waals surface area contributed by atoms with Gasteiger partial charge in [0.2, 0.25) is 0 Å². The molecule has 0 aliphatic heterocycles. The molecule has 0 aromatic carbocycles. The van der Waals surface area contributed by atoms with Crippen LogP contribution in [-0.2, 0) is 18.0 Å². The topological polar surface area (TPSA) is 111 Å². The van der Waals surface area contributed by atoms with Crippen molar-refractivity contribution in [3.63, 3.8) is 0 Å². The van der Waals surface area contributed by atoms with E-state index in [2.05, 4.69) is 20.1 Å². The Balaban J connectivity index is 1.74. The molecule has 8 heteroatoms. The van der Waals surface area contributed by atoms with E-state index in [0.717, 1.165) is 24.1 Å². The van der Waals surface area contributed by atoms with Crippen LogP contribution in [0.2, 0.25) is 0 Å². The number of nitrogens with two attached hydrogens (primary N) is 1. The highest BCUT2D eigenvalue weighted by molar-refractivity contribution is 6.04. The van der Waals surface area contributed by atoms with Crippen molar-refractivity contribution >= 4 is 33.6 Å². The van der Waals surface area contributed by atoms with Gasteiger partial charge in [-0.25, -0.2) is 9.97 Å². The molecule has 1 aliphatic rings. The maximum Gasteiger partial charge on any atom is 0.174 e. The predicted molar refractivity (Wildman–Crippen MR) is 113 cm³/mol. The number of oxime groups is 1. The monoisotopic (exact) mass is 396 g/mol. The summed E-state index contributed by atoms with van der Waals surface area (Å²) in [5.41, 5.74) is 9.08. The Labute approximate surface area is 169 Å². The fraction of sp³-hybridized carbons (Fsp3) is 0.524. The van der Waals surface area contributed by atoms with E-state index in [9.17, 15) is 5.11 Å². The summed E-state index contributed by atoms with van der Waals surface area (Å²) in [6, 6.07) is 3.69. The Kier molecular flexibility index (Phi) is 5.36. The maximum atomic E-state index is 10.5. The van der Waals surface area contributed by atoms with Crippen molar-refractivity contribution in [2.75, 3.05) is 5.73 Å². The van der Waals surface area contributed by atoms with E-state index in [0.29, 0.717) is 34.7 Å². The number of aliphatic hydroxyl groups is 1. The Hall–Kier alpha value is -2.74. The van der Waals surface area contributed by atoms with Gasteiger partial charge in [-0.1, -0.05) is 18.0 Å². The Bertz CT molecular complexity index is 1040. The van der Waals surface area contributed by atoms with Crippen molar-refractivity contribution in [3.8, 4) is 0 Å². The van der Waals surface area contributed by atoms with Gasteiger partial charge in [0.05, 0.1) is 23.4 Å². The minimum Gasteiger partial charge on any atom is -0.389 e. The summed E-state index contributed by atoms with van der Waals surface area (Å²) in [6.07, 6.45) is 8.55. The Morgan fingerprint density at radius 2 is 1.93 bits per heavy atom. The van der Waals surface area contributed by atoms with Gasteiger partial charge in [0.25, 0.3) is 0 Å². The zero-order valence-electron chi connectivity index (χ0n) is 17.1. The highest BCUT2D eigenvalue weighted by Gasteiger charge is 2.23. The summed E-state index contributed by atoms with van der Waals surface area (Å²) in [6.45, 7) is 4.04. The number of aromatic nitrogens is 4. The first-order valence-electron chi connectivity index (χ1n) is 10.2. The molecule has 0 amide bonds. The maximum absolute atomic E-state index is 10.5. The van der Waals surface area contributed by atoms with Gasteiger partial charge in [-0.2, -0.15) is 0 Å². The molecule has 4 rings (SSSR count). The second kappa shape index (κ2) is 7.94. The first-order valence-corrected chi connectivity index (χ1v) is 10.2. The molecule has 3 aromatic heterocycles. The van der Waals surface area contributed by atoms with E-state index in [-0.39, 0.29) is 6.61 Å². The van der Waals surface area contributed by atoms with Crippen molar-refractivity contribution in [2.45, 2.75) is 71.1 Å². The smallest absolute Gasteiger partial charge is 0.174 e. The number of nitrogens with zero attached hydrogens (tertiary/aromatic N) is 5. The van der Waals surface area contributed by atoms with E-state index in [4.69, 9.17) is 10.6 Å². The van der Waals surface area contributed by atoms with Crippen LogP contribution in [0, 0.1) is 0 Å². The third-order valence-electron chi connectivity index (χ3n) is 5.15. The van der Waals surface area contributed by atoms with Crippen molar-refractivity contribution in [3.05, 3.63) is 24.2 Å². The van der Waals surface area contributed by atoms with Gasteiger partial charge in [0, 0.05) is 6.20 Å². The standard InChI is InChI=1S/C21H28N6O2/c1-21(2,28)13-27-16(12-29-26-14-8-5-3-4-6-9-14)25-18-19(27)17-15(24-20(18)22)10-7-11-23-17/h7,10-11,28H,3-6,8-9,12-13H2,1-2H3,(H2,22,24). The minimum atomic E-state index is -0.950. The number of pyridine rings is 2. The molecule has 3 heterocycles. The molecule has 1 saturated carbocycles. The first kappa shape index (κ1) is 19.6. The highest BCUT2D eigenvalue weighted by atomic mass is 16.6. The first-order chi connectivity index (χ1) is 13.9. The number of hydrogen-bond donors (Lipinski definition) is 2. The molecule has 0 radical (unpaired) electrons. The zero-order valence-corrected chi connectivity index (χ0v) is 17.1. The molecule has 8 nitrogen and oxygen atoms in total. The van der Waals surface area contributed by atoms with Crippen LogP contribution >= 0.6 is 0 Å². The van der Waals surface area contributed by atoms with Crippen LogP contribution in [0.15, 0.2) is 23.5 Å². The van der Waals surface area contributed by atoms with Gasteiger partial charge in [-0.3, -0.25) is 4.98 Å². The van der Waals surface area contributed by atoms with Crippen LogP contribution in [0.1, 0.15) is 58.2 Å². The molecule has 0 spiro atoms. The highest BCUT2D eigenvalue weighted by Crippen LogP contribution is 2.29. The van der Waals surface area contributed by atoms with Crippen molar-refractivity contribution in [2.24, 2.45) is 5.16 Å². The molecule has 0 unspecified atom stereocenters. The van der Waals surface area contributed by atoms with Crippen LogP contribution in [0.3, 0.4) is 0 Å². The lowest BCUT2D eigenvalue weighted by Gasteiger charge is -2.20. The molecule has 0 saturated heterocycles. The van der Waals surface area contributed by atoms with E-state index in [1.807, 2.05) is 16.7 Å². The Morgan fingerprint density at radius 1 is 1.17 bits per heavy atom. The second-order valence-corrected chi connectivity index (χ2v) is 8.34. The average Bonchev–Trinajstić information content (AvgIpc) is 2.84. The number of rotatable bonds is 5. The lowest BCUT2D eigenvalue weighted by Crippen LogP contribution is -2.27. The molecule has 0 bridgehead atoms. The third-order valence-corrected chi connectivity index (χ3v) is 5.15. The van der Waals surface area contributed by atoms with Crippen LogP contribution in [-0.4, -0.2) is 35.9 Å². The normalized spacial score (nSPS) is 15.6. The van der Waals surface area contributed by atoms with E-state index in [1.54, 1.807) is 20.0 Å². The number of fused-ring (bicyclic) bond motifs is 3. The molecule has 1 fully saturated rings. The van der Waals surface area contributed by atoms with Crippen molar-refractivity contribution in [1.82, 2.24) is 19.5 Å². The zero-order chi connectivity index (χ0) is 20.4. The fourth-order valence-corrected chi connectivity index (χ4v) is 3.85. The number of nitrogen functional groups attached to an aromatic ring is 1. The molecular formula is C21H28N6O2. The lowest BCUT2D eigenvalue weighted by molar-refractivity contribution is 0.0579. The van der Waals surface area contributed by atoms with Crippen molar-refractivity contribution < 1.29 is 9.94 Å². The summed E-state index contributed by atoms with van der Waals surface area (Å²) < 4.78 is 1.93. The number of hydrogen-bond acceptors (Lipinski definition) is 7. The SMILES string of the molecule is CC(C)(O)Cn1c(CON=C2CCCCCC2)nc2c(N)nc3cccnc3c21. The molecule has 29 heavy (non-hydrogen) atoms. The van der Waals surface area contributed by atoms with Gasteiger partial charge < -0.3 is 20.2 Å². The molecule has 1 aliphatic carbocycles. The van der Waals surface area contributed by atoms with Gasteiger partial charge in [0.1, 0.15) is 16.6 Å². The van der Waals surface area contributed by atoms with Crippen LogP contribution < -0.4 is 5.73 Å². The van der Waals surface area contributed by atoms with Crippen molar-refractivity contribution in [1.29, 1.82) is 0 Å². The average molecular weight is 396 g/mol. The van der Waals surface area contributed by atoms with E-state index in [1.165, 1.54) is 25.7 Å². The van der Waals surface area contributed by atoms with E-state index >= 15 is 0 Å². The summed E-state index contributed by atoms with van der Waals surface area (Å²) in [4.78, 5) is 19.3. The third kappa shape index (κ3) is 4.32.